The molecule has 0 aliphatic carbocycles. The largest absolute Gasteiger partial charge is 0.416 e. The van der Waals surface area contributed by atoms with E-state index in [0.29, 0.717) is 18.1 Å². The van der Waals surface area contributed by atoms with Crippen LogP contribution in [0, 0.1) is 0 Å². The van der Waals surface area contributed by atoms with E-state index in [1.54, 1.807) is 17.4 Å². The molecule has 2 nitrogen and oxygen atoms in total. The van der Waals surface area contributed by atoms with Crippen LogP contribution in [0.2, 0.25) is 0 Å². The molecule has 2 heterocycles. The average molecular weight is 472 g/mol. The summed E-state index contributed by atoms with van der Waals surface area (Å²) < 4.78 is 45.6. The number of alkyl halides is 3. The van der Waals surface area contributed by atoms with Gasteiger partial charge in [0, 0.05) is 37.2 Å². The Bertz CT molecular complexity index is 1030. The van der Waals surface area contributed by atoms with Gasteiger partial charge in [-0.05, 0) is 43.9 Å². The molecule has 0 atom stereocenters. The molecule has 0 saturated carbocycles. The van der Waals surface area contributed by atoms with E-state index in [1.165, 1.54) is 23.9 Å². The molecule has 0 fully saturated rings. The summed E-state index contributed by atoms with van der Waals surface area (Å²) in [6.45, 7) is 1.97. The van der Waals surface area contributed by atoms with E-state index < -0.39 is 11.7 Å². The summed E-state index contributed by atoms with van der Waals surface area (Å²) in [5.41, 5.74) is 2.34. The number of fused-ring (bicyclic) bond motifs is 5. The summed E-state index contributed by atoms with van der Waals surface area (Å²) in [7, 11) is 3.99. The van der Waals surface area contributed by atoms with Crippen LogP contribution in [-0.2, 0) is 17.5 Å². The third-order valence-electron chi connectivity index (χ3n) is 4.66. The van der Waals surface area contributed by atoms with Crippen LogP contribution in [0.4, 0.5) is 13.2 Å². The van der Waals surface area contributed by atoms with Crippen LogP contribution in [0.5, 0.6) is 0 Å². The molecule has 0 amide bonds. The van der Waals surface area contributed by atoms with Crippen molar-refractivity contribution in [2.45, 2.75) is 22.6 Å². The zero-order valence-corrected chi connectivity index (χ0v) is 18.9. The van der Waals surface area contributed by atoms with Crippen molar-refractivity contribution in [1.29, 1.82) is 0 Å². The maximum atomic E-state index is 13.3. The lowest BCUT2D eigenvalue weighted by Crippen LogP contribution is -2.17. The number of benzene rings is 2. The van der Waals surface area contributed by atoms with E-state index in [0.717, 1.165) is 37.9 Å². The van der Waals surface area contributed by atoms with Gasteiger partial charge >= 0.3 is 6.18 Å². The number of nitrogens with zero attached hydrogens (tertiary/aromatic N) is 1. The molecule has 0 unspecified atom stereocenters. The quantitative estimate of drug-likeness (QED) is 0.289. The van der Waals surface area contributed by atoms with E-state index in [1.807, 2.05) is 38.4 Å². The van der Waals surface area contributed by atoms with Crippen molar-refractivity contribution in [2.24, 2.45) is 0 Å². The van der Waals surface area contributed by atoms with Gasteiger partial charge in [0.2, 0.25) is 0 Å². The number of halogens is 4. The Morgan fingerprint density at radius 3 is 2.43 bits per heavy atom. The Balaban J connectivity index is 0.00000256. The smallest absolute Gasteiger partial charge is 0.375 e. The second-order valence-electron chi connectivity index (χ2n) is 7.12. The molecule has 0 spiro atoms. The van der Waals surface area contributed by atoms with Gasteiger partial charge in [-0.2, -0.15) is 13.2 Å². The molecule has 0 N–H and O–H groups in total. The fraction of sp³-hybridized carbons (Fsp3) is 0.273. The minimum Gasteiger partial charge on any atom is -0.375 e. The first kappa shape index (κ1) is 23.2. The summed E-state index contributed by atoms with van der Waals surface area (Å²) >= 11 is 2.99. The highest BCUT2D eigenvalue weighted by Crippen LogP contribution is 2.51. The lowest BCUT2D eigenvalue weighted by atomic mass is 10.0. The summed E-state index contributed by atoms with van der Waals surface area (Å²) in [6.07, 6.45) is -4.36. The van der Waals surface area contributed by atoms with Gasteiger partial charge in [-0.25, -0.2) is 0 Å². The predicted molar refractivity (Wildman–Crippen MR) is 120 cm³/mol. The number of hydrogen-bond acceptors (Lipinski definition) is 4. The second kappa shape index (κ2) is 9.32. The summed E-state index contributed by atoms with van der Waals surface area (Å²) in [5, 5.41) is 0. The maximum Gasteiger partial charge on any atom is 0.416 e. The van der Waals surface area contributed by atoms with E-state index in [2.05, 4.69) is 11.0 Å². The molecular weight excluding hydrogens is 451 g/mol. The molecule has 0 radical (unpaired) electrons. The van der Waals surface area contributed by atoms with E-state index in [-0.39, 0.29) is 12.4 Å². The van der Waals surface area contributed by atoms with Crippen LogP contribution in [-0.4, -0.2) is 32.1 Å². The Kier molecular flexibility index (Phi) is 7.20. The highest BCUT2D eigenvalue weighted by Gasteiger charge is 2.32. The predicted octanol–water partition coefficient (Wildman–Crippen LogP) is 7.07. The van der Waals surface area contributed by atoms with Crippen LogP contribution >= 0.6 is 35.5 Å². The fourth-order valence-corrected chi connectivity index (χ4v) is 5.55. The van der Waals surface area contributed by atoms with E-state index >= 15 is 0 Å². The van der Waals surface area contributed by atoms with Crippen LogP contribution in [0.15, 0.2) is 58.3 Å². The normalized spacial score (nSPS) is 12.6. The van der Waals surface area contributed by atoms with Crippen molar-refractivity contribution in [1.82, 2.24) is 4.90 Å². The van der Waals surface area contributed by atoms with Crippen LogP contribution in [0.25, 0.3) is 21.6 Å². The molecule has 8 heteroatoms. The molecular formula is C22H21ClF3NOS2. The number of ether oxygens (including phenoxy) is 1. The van der Waals surface area contributed by atoms with Gasteiger partial charge in [0.1, 0.15) is 0 Å². The topological polar surface area (TPSA) is 12.5 Å². The lowest BCUT2D eigenvalue weighted by Gasteiger charge is -2.11. The minimum atomic E-state index is -4.36. The highest BCUT2D eigenvalue weighted by molar-refractivity contribution is 7.99. The molecule has 0 bridgehead atoms. The molecule has 1 aliphatic rings. The van der Waals surface area contributed by atoms with Gasteiger partial charge in [0.25, 0.3) is 0 Å². The first-order chi connectivity index (χ1) is 13.8. The van der Waals surface area contributed by atoms with Crippen LogP contribution < -0.4 is 0 Å². The second-order valence-corrected chi connectivity index (χ2v) is 9.34. The monoisotopic (exact) mass is 471 g/mol. The van der Waals surface area contributed by atoms with Gasteiger partial charge in [-0.3, -0.25) is 0 Å². The molecule has 30 heavy (non-hydrogen) atoms. The maximum absolute atomic E-state index is 13.3. The number of likely N-dealkylation sites (N-methyl/N-ethyl adjacent to an activating group) is 1. The fourth-order valence-electron chi connectivity index (χ4n) is 3.20. The first-order valence-electron chi connectivity index (χ1n) is 9.17. The SMILES string of the molecule is CN(C)CCOCc1cc2c(s1)-c1ccc(C(F)(F)F)cc1Sc1ccccc1-2.Cl. The van der Waals surface area contributed by atoms with Gasteiger partial charge in [0.05, 0.1) is 18.8 Å². The van der Waals surface area contributed by atoms with Crippen molar-refractivity contribution < 1.29 is 17.9 Å². The molecule has 4 rings (SSSR count). The molecule has 1 aromatic heterocycles. The number of rotatable bonds is 5. The number of thiophene rings is 1. The standard InChI is InChI=1S/C22H20F3NOS2.ClH/c1-26(2)9-10-27-13-15-12-18-16-5-3-4-6-19(16)29-20-11-14(22(23,24)25)7-8-17(20)21(18)28-15;/h3-8,11-12H,9-10,13H2,1-2H3;1H. The zero-order valence-electron chi connectivity index (χ0n) is 16.5. The molecule has 1 aliphatic heterocycles. The summed E-state index contributed by atoms with van der Waals surface area (Å²) in [6, 6.07) is 14.0. The van der Waals surface area contributed by atoms with Crippen molar-refractivity contribution in [2.75, 3.05) is 27.2 Å². The third-order valence-corrected chi connectivity index (χ3v) is 6.94. The van der Waals surface area contributed by atoms with E-state index in [9.17, 15) is 13.2 Å². The van der Waals surface area contributed by atoms with Crippen molar-refractivity contribution in [3.8, 4) is 21.6 Å². The van der Waals surface area contributed by atoms with E-state index in [4.69, 9.17) is 4.74 Å². The van der Waals surface area contributed by atoms with Gasteiger partial charge in [-0.15, -0.1) is 23.7 Å². The summed E-state index contributed by atoms with van der Waals surface area (Å²) in [5.74, 6) is 0. The molecule has 3 aromatic rings. The van der Waals surface area contributed by atoms with Crippen molar-refractivity contribution >= 4 is 35.5 Å². The first-order valence-corrected chi connectivity index (χ1v) is 10.8. The number of hydrogen-bond donors (Lipinski definition) is 0. The van der Waals surface area contributed by atoms with Gasteiger partial charge in [-0.1, -0.05) is 36.0 Å². The van der Waals surface area contributed by atoms with Crippen molar-refractivity contribution in [3.63, 3.8) is 0 Å². The van der Waals surface area contributed by atoms with Gasteiger partial charge in [0.15, 0.2) is 0 Å². The zero-order chi connectivity index (χ0) is 20.6. The average Bonchev–Trinajstić information content (AvgIpc) is 3.03. The molecule has 0 saturated heterocycles. The molecule has 160 valence electrons. The van der Waals surface area contributed by atoms with Gasteiger partial charge < -0.3 is 9.64 Å². The Morgan fingerprint density at radius 1 is 0.933 bits per heavy atom. The Hall–Kier alpha value is -1.51. The molecule has 2 aromatic carbocycles. The Morgan fingerprint density at radius 2 is 1.70 bits per heavy atom. The van der Waals surface area contributed by atoms with Crippen LogP contribution in [0.1, 0.15) is 10.4 Å². The third kappa shape index (κ3) is 4.86. The lowest BCUT2D eigenvalue weighted by molar-refractivity contribution is -0.137. The summed E-state index contributed by atoms with van der Waals surface area (Å²) in [4.78, 5) is 5.72. The minimum absolute atomic E-state index is 0. The Labute approximate surface area is 188 Å². The highest BCUT2D eigenvalue weighted by atomic mass is 35.5. The van der Waals surface area contributed by atoms with Crippen molar-refractivity contribution in [3.05, 3.63) is 59.0 Å². The van der Waals surface area contributed by atoms with Crippen LogP contribution in [0.3, 0.4) is 0 Å².